The molecule has 0 bridgehead atoms. The Morgan fingerprint density at radius 3 is 2.76 bits per heavy atom. The average Bonchev–Trinajstić information content (AvgIpc) is 3.16. The van der Waals surface area contributed by atoms with Crippen LogP contribution in [0.15, 0.2) is 28.6 Å². The number of ether oxygens (including phenoxy) is 1. The van der Waals surface area contributed by atoms with Crippen LogP contribution in [0.2, 0.25) is 0 Å². The quantitative estimate of drug-likeness (QED) is 0.730. The molecule has 0 aromatic carbocycles. The van der Waals surface area contributed by atoms with E-state index in [0.717, 1.165) is 17.8 Å². The van der Waals surface area contributed by atoms with Crippen LogP contribution in [0.1, 0.15) is 24.5 Å². The second-order valence-corrected chi connectivity index (χ2v) is 7.55. The van der Waals surface area contributed by atoms with Crippen LogP contribution in [0.25, 0.3) is 10.6 Å². The van der Waals surface area contributed by atoms with Gasteiger partial charge in [0.1, 0.15) is 22.4 Å². The van der Waals surface area contributed by atoms with Crippen molar-refractivity contribution in [2.24, 2.45) is 0 Å². The Labute approximate surface area is 149 Å². The molecule has 0 radical (unpaired) electrons. The van der Waals surface area contributed by atoms with Crippen molar-refractivity contribution in [2.45, 2.75) is 35.9 Å². The number of cyclic esters (lactones) is 1. The maximum Gasteiger partial charge on any atom is 0.417 e. The first-order valence-electron chi connectivity index (χ1n) is 7.23. The third-order valence-corrected chi connectivity index (χ3v) is 5.64. The van der Waals surface area contributed by atoms with Crippen molar-refractivity contribution in [3.63, 3.8) is 0 Å². The maximum atomic E-state index is 13.4. The molecule has 0 N–H and O–H groups in total. The van der Waals surface area contributed by atoms with E-state index in [1.54, 1.807) is 30.5 Å². The van der Waals surface area contributed by atoms with Crippen molar-refractivity contribution in [1.29, 1.82) is 5.26 Å². The summed E-state index contributed by atoms with van der Waals surface area (Å²) in [5.74, 6) is -0.502. The molecule has 0 aliphatic carbocycles. The first-order valence-corrected chi connectivity index (χ1v) is 8.99. The molecule has 1 aliphatic rings. The largest absolute Gasteiger partial charge is 0.462 e. The van der Waals surface area contributed by atoms with Crippen LogP contribution in [-0.4, -0.2) is 22.3 Å². The molecular weight excluding hydrogens is 373 g/mol. The highest BCUT2D eigenvalue weighted by Gasteiger charge is 2.38. The van der Waals surface area contributed by atoms with Crippen LogP contribution in [0.4, 0.5) is 13.2 Å². The first-order chi connectivity index (χ1) is 11.8. The van der Waals surface area contributed by atoms with Crippen molar-refractivity contribution >= 4 is 29.1 Å². The summed E-state index contributed by atoms with van der Waals surface area (Å²) in [5.41, 5.74) is -1.48. The molecule has 0 amide bonds. The van der Waals surface area contributed by atoms with E-state index in [1.807, 2.05) is 0 Å². The third-order valence-electron chi connectivity index (χ3n) is 3.56. The maximum absolute atomic E-state index is 13.4. The van der Waals surface area contributed by atoms with E-state index in [0.29, 0.717) is 11.3 Å². The normalized spacial score (nSPS) is 20.4. The Balaban J connectivity index is 2.10. The zero-order valence-electron chi connectivity index (χ0n) is 12.8. The van der Waals surface area contributed by atoms with Gasteiger partial charge in [0.2, 0.25) is 0 Å². The summed E-state index contributed by atoms with van der Waals surface area (Å²) in [6.45, 7) is 1.71. The highest BCUT2D eigenvalue weighted by atomic mass is 32.2. The molecule has 1 saturated heterocycles. The van der Waals surface area contributed by atoms with Crippen LogP contribution < -0.4 is 0 Å². The lowest BCUT2D eigenvalue weighted by Gasteiger charge is -2.14. The van der Waals surface area contributed by atoms with E-state index in [2.05, 4.69) is 4.98 Å². The van der Waals surface area contributed by atoms with Gasteiger partial charge in [-0.1, -0.05) is 17.8 Å². The van der Waals surface area contributed by atoms with Gasteiger partial charge in [-0.2, -0.15) is 18.4 Å². The molecule has 1 fully saturated rings. The van der Waals surface area contributed by atoms with Gasteiger partial charge >= 0.3 is 12.1 Å². The number of hydrogen-bond donors (Lipinski definition) is 0. The van der Waals surface area contributed by atoms with E-state index in [9.17, 15) is 23.2 Å². The summed E-state index contributed by atoms with van der Waals surface area (Å²) in [7, 11) is 0. The number of aromatic nitrogens is 1. The lowest BCUT2D eigenvalue weighted by atomic mass is 10.1. The van der Waals surface area contributed by atoms with Gasteiger partial charge in [0.25, 0.3) is 0 Å². The number of rotatable bonds is 3. The predicted octanol–water partition coefficient (Wildman–Crippen LogP) is 4.50. The van der Waals surface area contributed by atoms with Gasteiger partial charge in [0.05, 0.1) is 21.7 Å². The second-order valence-electron chi connectivity index (χ2n) is 5.41. The fraction of sp³-hybridized carbons (Fsp3) is 0.312. The molecule has 130 valence electrons. The Bertz CT molecular complexity index is 844. The fourth-order valence-corrected chi connectivity index (χ4v) is 4.34. The Morgan fingerprint density at radius 2 is 2.24 bits per heavy atom. The molecule has 2 aromatic rings. The van der Waals surface area contributed by atoms with Gasteiger partial charge in [0, 0.05) is 6.42 Å². The molecule has 25 heavy (non-hydrogen) atoms. The number of thiophene rings is 1. The molecule has 0 saturated carbocycles. The number of nitriles is 1. The smallest absolute Gasteiger partial charge is 0.417 e. The molecule has 0 spiro atoms. The Hall–Kier alpha value is -2.05. The van der Waals surface area contributed by atoms with Crippen molar-refractivity contribution in [3.05, 3.63) is 34.7 Å². The zero-order chi connectivity index (χ0) is 18.2. The van der Waals surface area contributed by atoms with Gasteiger partial charge in [-0.05, 0) is 24.4 Å². The molecule has 3 heterocycles. The Morgan fingerprint density at radius 1 is 1.48 bits per heavy atom. The van der Waals surface area contributed by atoms with Gasteiger partial charge < -0.3 is 4.74 Å². The molecule has 0 unspecified atom stereocenters. The number of carbonyl (C=O) groups is 1. The van der Waals surface area contributed by atoms with Crippen LogP contribution in [-0.2, 0) is 15.7 Å². The number of pyridine rings is 1. The number of carbonyl (C=O) groups excluding carboxylic acids is 1. The highest BCUT2D eigenvalue weighted by Crippen LogP contribution is 2.41. The SMILES string of the molecule is C[C@H]1C[C@H](Sc2nc(-c3cccs3)cc(C(F)(F)F)c2C#N)C(=O)O1. The van der Waals surface area contributed by atoms with E-state index in [4.69, 9.17) is 4.74 Å². The summed E-state index contributed by atoms with van der Waals surface area (Å²) >= 11 is 2.10. The monoisotopic (exact) mass is 384 g/mol. The van der Waals surface area contributed by atoms with E-state index in [-0.39, 0.29) is 16.8 Å². The standard InChI is InChI=1S/C16H11F3N2O2S2/c1-8-5-13(15(22)23-8)25-14-9(7-20)10(16(17,18)19)6-11(21-14)12-3-2-4-24-12/h2-4,6,8,13H,5H2,1H3/t8-,13-/m0/s1. The first kappa shape index (κ1) is 17.8. The molecule has 2 atom stereocenters. The van der Waals surface area contributed by atoms with E-state index in [1.165, 1.54) is 11.3 Å². The van der Waals surface area contributed by atoms with E-state index >= 15 is 0 Å². The molecule has 4 nitrogen and oxygen atoms in total. The van der Waals surface area contributed by atoms with Crippen molar-refractivity contribution in [3.8, 4) is 16.6 Å². The number of alkyl halides is 3. The molecule has 9 heteroatoms. The fourth-order valence-electron chi connectivity index (χ4n) is 2.44. The number of esters is 1. The summed E-state index contributed by atoms with van der Waals surface area (Å²) < 4.78 is 45.3. The van der Waals surface area contributed by atoms with Crippen molar-refractivity contribution < 1.29 is 22.7 Å². The Kier molecular flexibility index (Phi) is 4.75. The number of hydrogen-bond acceptors (Lipinski definition) is 6. The minimum Gasteiger partial charge on any atom is -0.462 e. The predicted molar refractivity (Wildman–Crippen MR) is 87.1 cm³/mol. The van der Waals surface area contributed by atoms with Gasteiger partial charge in [-0.15, -0.1) is 11.3 Å². The average molecular weight is 384 g/mol. The second kappa shape index (κ2) is 6.69. The van der Waals surface area contributed by atoms with Gasteiger partial charge in [-0.25, -0.2) is 4.98 Å². The van der Waals surface area contributed by atoms with Crippen LogP contribution >= 0.6 is 23.1 Å². The minimum atomic E-state index is -4.70. The summed E-state index contributed by atoms with van der Waals surface area (Å²) in [6.07, 6.45) is -4.64. The molecule has 2 aromatic heterocycles. The number of thioether (sulfide) groups is 1. The lowest BCUT2D eigenvalue weighted by Crippen LogP contribution is -2.13. The molecule has 3 rings (SSSR count). The van der Waals surface area contributed by atoms with Crippen molar-refractivity contribution in [2.75, 3.05) is 0 Å². The number of halogens is 3. The summed E-state index contributed by atoms with van der Waals surface area (Å²) in [5, 5.41) is 10.2. The summed E-state index contributed by atoms with van der Waals surface area (Å²) in [4.78, 5) is 16.6. The molecular formula is C16H11F3N2O2S2. The molecule has 1 aliphatic heterocycles. The zero-order valence-corrected chi connectivity index (χ0v) is 14.5. The van der Waals surface area contributed by atoms with Crippen LogP contribution in [0.5, 0.6) is 0 Å². The van der Waals surface area contributed by atoms with Crippen LogP contribution in [0.3, 0.4) is 0 Å². The minimum absolute atomic E-state index is 0.100. The summed E-state index contributed by atoms with van der Waals surface area (Å²) in [6, 6.07) is 5.83. The highest BCUT2D eigenvalue weighted by molar-refractivity contribution is 8.00. The van der Waals surface area contributed by atoms with E-state index < -0.39 is 28.5 Å². The third kappa shape index (κ3) is 3.65. The van der Waals surface area contributed by atoms with Crippen LogP contribution in [0, 0.1) is 11.3 Å². The van der Waals surface area contributed by atoms with Gasteiger partial charge in [0.15, 0.2) is 0 Å². The topological polar surface area (TPSA) is 63.0 Å². The van der Waals surface area contributed by atoms with Crippen molar-refractivity contribution in [1.82, 2.24) is 4.98 Å². The lowest BCUT2D eigenvalue weighted by molar-refractivity contribution is -0.140. The number of nitrogens with zero attached hydrogens (tertiary/aromatic N) is 2. The van der Waals surface area contributed by atoms with Gasteiger partial charge in [-0.3, -0.25) is 4.79 Å².